The van der Waals surface area contributed by atoms with Gasteiger partial charge in [0.1, 0.15) is 11.5 Å². The minimum absolute atomic E-state index is 0.00311. The first-order valence-electron chi connectivity index (χ1n) is 10.7. The van der Waals surface area contributed by atoms with Crippen LogP contribution in [0.25, 0.3) is 5.76 Å². The summed E-state index contributed by atoms with van der Waals surface area (Å²) in [4.78, 5) is 31.6. The van der Waals surface area contributed by atoms with E-state index in [1.165, 1.54) is 24.1 Å². The van der Waals surface area contributed by atoms with E-state index in [-0.39, 0.29) is 23.4 Å². The number of pyridine rings is 1. The van der Waals surface area contributed by atoms with Gasteiger partial charge in [-0.2, -0.15) is 0 Å². The quantitative estimate of drug-likeness (QED) is 0.321. The molecule has 0 spiro atoms. The van der Waals surface area contributed by atoms with Crippen molar-refractivity contribution in [3.05, 3.63) is 95.1 Å². The van der Waals surface area contributed by atoms with Crippen LogP contribution in [0.1, 0.15) is 29.7 Å². The van der Waals surface area contributed by atoms with E-state index in [1.807, 2.05) is 6.92 Å². The second kappa shape index (κ2) is 9.74. The van der Waals surface area contributed by atoms with Gasteiger partial charge in [-0.05, 0) is 54.4 Å². The average molecular weight is 462 g/mol. The Hall–Kier alpha value is -4.20. The number of carbonyl (C=O) groups is 2. The highest BCUT2D eigenvalue weighted by molar-refractivity contribution is 6.46. The second-order valence-corrected chi connectivity index (χ2v) is 7.64. The molecule has 174 valence electrons. The molecular formula is C26H23FN2O5. The number of likely N-dealkylation sites (tertiary alicyclic amines) is 1. The molecule has 0 saturated carbocycles. The number of aliphatic hydroxyl groups excluding tert-OH is 1. The van der Waals surface area contributed by atoms with Gasteiger partial charge in [0, 0.05) is 24.5 Å². The van der Waals surface area contributed by atoms with E-state index in [0.29, 0.717) is 17.9 Å². The standard InChI is InChI=1S/C26H23FN2O5/c1-3-34-19-9-6-17(7-10-19)23-22(24(30)18-8-11-21(33-2)20(27)13-18)25(31)26(32)29(23)15-16-5-4-12-28-14-16/h4-14,23,30H,3,15H2,1-2H3/t23-/m0/s1. The first kappa shape index (κ1) is 23.0. The van der Waals surface area contributed by atoms with Crippen LogP contribution in [-0.4, -0.2) is 40.4 Å². The molecule has 4 rings (SSSR count). The number of aromatic nitrogens is 1. The molecular weight excluding hydrogens is 439 g/mol. The van der Waals surface area contributed by atoms with Gasteiger partial charge in [-0.15, -0.1) is 0 Å². The van der Waals surface area contributed by atoms with Crippen molar-refractivity contribution >= 4 is 17.4 Å². The summed E-state index contributed by atoms with van der Waals surface area (Å²) in [6, 6.07) is 13.4. The number of ketones is 1. The van der Waals surface area contributed by atoms with Gasteiger partial charge in [-0.3, -0.25) is 14.6 Å². The summed E-state index contributed by atoms with van der Waals surface area (Å²) in [5.41, 5.74) is 1.26. The van der Waals surface area contributed by atoms with Gasteiger partial charge < -0.3 is 19.5 Å². The first-order chi connectivity index (χ1) is 16.4. The van der Waals surface area contributed by atoms with E-state index in [1.54, 1.807) is 48.8 Å². The molecule has 0 radical (unpaired) electrons. The van der Waals surface area contributed by atoms with Crippen molar-refractivity contribution in [2.45, 2.75) is 19.5 Å². The van der Waals surface area contributed by atoms with Gasteiger partial charge in [0.2, 0.25) is 0 Å². The highest BCUT2D eigenvalue weighted by atomic mass is 19.1. The monoisotopic (exact) mass is 462 g/mol. The fraction of sp³-hybridized carbons (Fsp3) is 0.192. The average Bonchev–Trinajstić information content (AvgIpc) is 3.10. The van der Waals surface area contributed by atoms with E-state index < -0.39 is 29.3 Å². The molecule has 1 saturated heterocycles. The highest BCUT2D eigenvalue weighted by Gasteiger charge is 2.46. The van der Waals surface area contributed by atoms with Crippen molar-refractivity contribution in [1.29, 1.82) is 0 Å². The number of methoxy groups -OCH3 is 1. The molecule has 2 heterocycles. The van der Waals surface area contributed by atoms with Crippen LogP contribution in [0.4, 0.5) is 4.39 Å². The van der Waals surface area contributed by atoms with Gasteiger partial charge in [-0.25, -0.2) is 4.39 Å². The van der Waals surface area contributed by atoms with Crippen molar-refractivity contribution in [2.24, 2.45) is 0 Å². The smallest absolute Gasteiger partial charge is 0.295 e. The molecule has 1 aliphatic rings. The number of ether oxygens (including phenoxy) is 2. The van der Waals surface area contributed by atoms with Gasteiger partial charge >= 0.3 is 0 Å². The van der Waals surface area contributed by atoms with Crippen molar-refractivity contribution in [2.75, 3.05) is 13.7 Å². The molecule has 1 amide bonds. The predicted octanol–water partition coefficient (Wildman–Crippen LogP) is 4.25. The molecule has 1 atom stereocenters. The summed E-state index contributed by atoms with van der Waals surface area (Å²) in [5, 5.41) is 11.1. The first-order valence-corrected chi connectivity index (χ1v) is 10.7. The molecule has 2 aromatic carbocycles. The number of rotatable bonds is 7. The summed E-state index contributed by atoms with van der Waals surface area (Å²) in [6.07, 6.45) is 3.22. The minimum Gasteiger partial charge on any atom is -0.507 e. The Bertz CT molecular complexity index is 1240. The summed E-state index contributed by atoms with van der Waals surface area (Å²) in [7, 11) is 1.33. The van der Waals surface area contributed by atoms with Crippen molar-refractivity contribution < 1.29 is 28.6 Å². The molecule has 1 aromatic heterocycles. The second-order valence-electron chi connectivity index (χ2n) is 7.64. The van der Waals surface area contributed by atoms with Crippen LogP contribution in [0.5, 0.6) is 11.5 Å². The third-order valence-corrected chi connectivity index (χ3v) is 5.55. The Kier molecular flexibility index (Phi) is 6.58. The maximum Gasteiger partial charge on any atom is 0.295 e. The Labute approximate surface area is 196 Å². The summed E-state index contributed by atoms with van der Waals surface area (Å²) in [5.74, 6) is -2.15. The zero-order valence-corrected chi connectivity index (χ0v) is 18.7. The lowest BCUT2D eigenvalue weighted by Gasteiger charge is -2.25. The summed E-state index contributed by atoms with van der Waals surface area (Å²) in [6.45, 7) is 2.45. The van der Waals surface area contributed by atoms with Gasteiger partial charge in [0.05, 0.1) is 25.3 Å². The van der Waals surface area contributed by atoms with Crippen LogP contribution < -0.4 is 9.47 Å². The van der Waals surface area contributed by atoms with Crippen molar-refractivity contribution in [3.63, 3.8) is 0 Å². The van der Waals surface area contributed by atoms with Crippen LogP contribution in [0.3, 0.4) is 0 Å². The molecule has 1 aliphatic heterocycles. The lowest BCUT2D eigenvalue weighted by Crippen LogP contribution is -2.29. The lowest BCUT2D eigenvalue weighted by molar-refractivity contribution is -0.140. The Morgan fingerprint density at radius 2 is 1.91 bits per heavy atom. The molecule has 0 bridgehead atoms. The molecule has 34 heavy (non-hydrogen) atoms. The molecule has 0 aliphatic carbocycles. The number of aliphatic hydroxyl groups is 1. The van der Waals surface area contributed by atoms with Crippen molar-refractivity contribution in [3.8, 4) is 11.5 Å². The van der Waals surface area contributed by atoms with E-state index in [0.717, 1.165) is 11.6 Å². The maximum atomic E-state index is 14.3. The maximum absolute atomic E-state index is 14.3. The van der Waals surface area contributed by atoms with Gasteiger partial charge in [-0.1, -0.05) is 18.2 Å². The van der Waals surface area contributed by atoms with Crippen LogP contribution in [0.2, 0.25) is 0 Å². The SMILES string of the molecule is CCOc1ccc([C@H]2C(=C(O)c3ccc(OC)c(F)c3)C(=O)C(=O)N2Cc2cccnc2)cc1. The molecule has 3 aromatic rings. The molecule has 0 unspecified atom stereocenters. The third-order valence-electron chi connectivity index (χ3n) is 5.55. The van der Waals surface area contributed by atoms with Gasteiger partial charge in [0.25, 0.3) is 11.7 Å². The zero-order chi connectivity index (χ0) is 24.2. The third kappa shape index (κ3) is 4.34. The van der Waals surface area contributed by atoms with Crippen LogP contribution in [0, 0.1) is 5.82 Å². The molecule has 7 nitrogen and oxygen atoms in total. The Morgan fingerprint density at radius 1 is 1.15 bits per heavy atom. The molecule has 1 fully saturated rings. The number of hydrogen-bond acceptors (Lipinski definition) is 6. The number of amides is 1. The van der Waals surface area contributed by atoms with Gasteiger partial charge in [0.15, 0.2) is 11.6 Å². The van der Waals surface area contributed by atoms with E-state index in [4.69, 9.17) is 9.47 Å². The van der Waals surface area contributed by atoms with E-state index >= 15 is 0 Å². The number of Topliss-reactive ketones (excluding diaryl/α,β-unsaturated/α-hetero) is 1. The zero-order valence-electron chi connectivity index (χ0n) is 18.7. The largest absolute Gasteiger partial charge is 0.507 e. The molecule has 1 N–H and O–H groups in total. The highest BCUT2D eigenvalue weighted by Crippen LogP contribution is 2.41. The van der Waals surface area contributed by atoms with Crippen molar-refractivity contribution in [1.82, 2.24) is 9.88 Å². The van der Waals surface area contributed by atoms with E-state index in [2.05, 4.69) is 4.98 Å². The number of benzene rings is 2. The fourth-order valence-electron chi connectivity index (χ4n) is 3.96. The Morgan fingerprint density at radius 3 is 2.53 bits per heavy atom. The van der Waals surface area contributed by atoms with Crippen LogP contribution >= 0.6 is 0 Å². The number of carbonyl (C=O) groups excluding carboxylic acids is 2. The topological polar surface area (TPSA) is 89.0 Å². The molecule has 8 heteroatoms. The normalized spacial score (nSPS) is 17.1. The summed E-state index contributed by atoms with van der Waals surface area (Å²) < 4.78 is 24.8. The van der Waals surface area contributed by atoms with E-state index in [9.17, 15) is 19.1 Å². The fourth-order valence-corrected chi connectivity index (χ4v) is 3.96. The minimum atomic E-state index is -0.888. The lowest BCUT2D eigenvalue weighted by atomic mass is 9.95. The number of hydrogen-bond donors (Lipinski definition) is 1. The summed E-state index contributed by atoms with van der Waals surface area (Å²) >= 11 is 0. The predicted molar refractivity (Wildman–Crippen MR) is 123 cm³/mol. The van der Waals surface area contributed by atoms with Crippen LogP contribution in [0.15, 0.2) is 72.6 Å². The number of nitrogens with zero attached hydrogens (tertiary/aromatic N) is 2. The number of halogens is 1. The van der Waals surface area contributed by atoms with Crippen LogP contribution in [-0.2, 0) is 16.1 Å². The Balaban J connectivity index is 1.84.